The van der Waals surface area contributed by atoms with Gasteiger partial charge in [-0.25, -0.2) is 32.3 Å². The fraction of sp³-hybridized carbons (Fsp3) is 0.214. The maximum absolute atomic E-state index is 13.0. The lowest BCUT2D eigenvalue weighted by atomic mass is 9.98. The Morgan fingerprint density at radius 1 is 1.23 bits per heavy atom. The van der Waals surface area contributed by atoms with Crippen LogP contribution in [0.15, 0.2) is 23.4 Å². The van der Waals surface area contributed by atoms with Crippen LogP contribution < -0.4 is 5.14 Å². The predicted molar refractivity (Wildman–Crippen MR) is 88.7 cm³/mol. The van der Waals surface area contributed by atoms with Gasteiger partial charge in [0.05, 0.1) is 22.4 Å². The quantitative estimate of drug-likeness (QED) is 0.709. The SMILES string of the molecule is NS(=O)(=O)c1cc(-c2ncnc(C(F)F)c2Cl)c(C(=O)CCF)cc1Cl. The molecule has 2 rings (SSSR count). The molecule has 6 nitrogen and oxygen atoms in total. The molecule has 0 spiro atoms. The van der Waals surface area contributed by atoms with Crippen LogP contribution in [0.3, 0.4) is 0 Å². The van der Waals surface area contributed by atoms with E-state index in [0.717, 1.165) is 18.5 Å². The number of benzene rings is 1. The number of hydrogen-bond acceptors (Lipinski definition) is 5. The van der Waals surface area contributed by atoms with Gasteiger partial charge in [0, 0.05) is 17.5 Å². The van der Waals surface area contributed by atoms with Crippen molar-refractivity contribution in [3.63, 3.8) is 0 Å². The molecule has 0 aliphatic heterocycles. The molecule has 0 saturated carbocycles. The highest BCUT2D eigenvalue weighted by Gasteiger charge is 2.25. The number of sulfonamides is 1. The van der Waals surface area contributed by atoms with Gasteiger partial charge < -0.3 is 0 Å². The van der Waals surface area contributed by atoms with Crippen molar-refractivity contribution in [3.05, 3.63) is 39.8 Å². The van der Waals surface area contributed by atoms with E-state index in [1.165, 1.54) is 0 Å². The number of rotatable bonds is 6. The molecule has 12 heteroatoms. The minimum atomic E-state index is -4.31. The normalized spacial score (nSPS) is 11.8. The van der Waals surface area contributed by atoms with Crippen molar-refractivity contribution in [1.82, 2.24) is 9.97 Å². The maximum Gasteiger partial charge on any atom is 0.281 e. The van der Waals surface area contributed by atoms with Gasteiger partial charge in [-0.15, -0.1) is 0 Å². The van der Waals surface area contributed by atoms with Crippen molar-refractivity contribution >= 4 is 39.0 Å². The summed E-state index contributed by atoms with van der Waals surface area (Å²) in [6.45, 7) is -0.993. The Morgan fingerprint density at radius 2 is 1.88 bits per heavy atom. The third-order valence-corrected chi connectivity index (χ3v) is 5.03. The zero-order chi connectivity index (χ0) is 19.6. The molecule has 2 N–H and O–H groups in total. The molecule has 0 unspecified atom stereocenters. The van der Waals surface area contributed by atoms with Gasteiger partial charge in [-0.2, -0.15) is 0 Å². The van der Waals surface area contributed by atoms with Crippen molar-refractivity contribution < 1.29 is 26.4 Å². The zero-order valence-electron chi connectivity index (χ0n) is 12.7. The molecule has 0 bridgehead atoms. The molecule has 0 radical (unpaired) electrons. The average Bonchev–Trinajstić information content (AvgIpc) is 2.54. The van der Waals surface area contributed by atoms with Crippen LogP contribution >= 0.6 is 23.2 Å². The summed E-state index contributed by atoms with van der Waals surface area (Å²) < 4.78 is 61.9. The smallest absolute Gasteiger partial charge is 0.281 e. The van der Waals surface area contributed by atoms with Gasteiger partial charge in [0.2, 0.25) is 10.0 Å². The maximum atomic E-state index is 13.0. The first-order valence-electron chi connectivity index (χ1n) is 6.82. The van der Waals surface area contributed by atoms with Gasteiger partial charge >= 0.3 is 0 Å². The summed E-state index contributed by atoms with van der Waals surface area (Å²) >= 11 is 11.7. The summed E-state index contributed by atoms with van der Waals surface area (Å²) in [5, 5.41) is 4.09. The largest absolute Gasteiger partial charge is 0.294 e. The summed E-state index contributed by atoms with van der Waals surface area (Å²) in [4.78, 5) is 18.7. The second-order valence-electron chi connectivity index (χ2n) is 4.96. The highest BCUT2D eigenvalue weighted by molar-refractivity contribution is 7.89. The van der Waals surface area contributed by atoms with Gasteiger partial charge in [0.1, 0.15) is 16.9 Å². The van der Waals surface area contributed by atoms with E-state index in [1.807, 2.05) is 0 Å². The zero-order valence-corrected chi connectivity index (χ0v) is 15.0. The molecular formula is C14H10Cl2F3N3O3S. The minimum absolute atomic E-state index is 0.230. The second kappa shape index (κ2) is 7.87. The summed E-state index contributed by atoms with van der Waals surface area (Å²) in [6.07, 6.45) is -2.81. The molecule has 0 fully saturated rings. The van der Waals surface area contributed by atoms with Crippen LogP contribution in [-0.2, 0) is 10.0 Å². The van der Waals surface area contributed by atoms with E-state index in [2.05, 4.69) is 9.97 Å². The molecule has 0 aliphatic carbocycles. The van der Waals surface area contributed by atoms with Crippen molar-refractivity contribution in [2.75, 3.05) is 6.67 Å². The van der Waals surface area contributed by atoms with Gasteiger partial charge in [0.25, 0.3) is 6.43 Å². The summed E-state index contributed by atoms with van der Waals surface area (Å²) in [7, 11) is -4.31. The Bertz CT molecular complexity index is 971. The molecular weight excluding hydrogens is 418 g/mol. The van der Waals surface area contributed by atoms with Crippen molar-refractivity contribution in [1.29, 1.82) is 0 Å². The summed E-state index contributed by atoms with van der Waals surface area (Å²) in [5.74, 6) is -0.751. The number of carbonyl (C=O) groups excluding carboxylic acids is 1. The lowest BCUT2D eigenvalue weighted by molar-refractivity contribution is 0.0974. The molecule has 1 aromatic heterocycles. The Labute approximate surface area is 156 Å². The highest BCUT2D eigenvalue weighted by atomic mass is 35.5. The van der Waals surface area contributed by atoms with Gasteiger partial charge in [-0.05, 0) is 12.1 Å². The fourth-order valence-corrected chi connectivity index (χ4v) is 3.52. The minimum Gasteiger partial charge on any atom is -0.294 e. The number of ketones is 1. The van der Waals surface area contributed by atoms with E-state index in [0.29, 0.717) is 0 Å². The van der Waals surface area contributed by atoms with Crippen LogP contribution in [0.5, 0.6) is 0 Å². The first kappa shape index (κ1) is 20.6. The van der Waals surface area contributed by atoms with Gasteiger partial charge in [-0.1, -0.05) is 23.2 Å². The van der Waals surface area contributed by atoms with Crippen LogP contribution in [0.25, 0.3) is 11.3 Å². The molecule has 140 valence electrons. The number of hydrogen-bond donors (Lipinski definition) is 1. The fourth-order valence-electron chi connectivity index (χ4n) is 2.14. The molecule has 0 saturated heterocycles. The second-order valence-corrected chi connectivity index (χ2v) is 7.27. The van der Waals surface area contributed by atoms with E-state index in [1.54, 1.807) is 0 Å². The number of nitrogens with two attached hydrogens (primary N) is 1. The van der Waals surface area contributed by atoms with E-state index < -0.39 is 56.0 Å². The number of alkyl halides is 3. The lowest BCUT2D eigenvalue weighted by Gasteiger charge is -2.13. The topological polar surface area (TPSA) is 103 Å². The molecule has 0 amide bonds. The van der Waals surface area contributed by atoms with Crippen molar-refractivity contribution in [2.24, 2.45) is 5.14 Å². The number of halogens is 5. The van der Waals surface area contributed by atoms with E-state index in [9.17, 15) is 26.4 Å². The van der Waals surface area contributed by atoms with Gasteiger partial charge in [0.15, 0.2) is 5.78 Å². The number of Topliss-reactive ketones (excluding diaryl/α,β-unsaturated/α-hetero) is 1. The van der Waals surface area contributed by atoms with Crippen LogP contribution in [0.4, 0.5) is 13.2 Å². The third kappa shape index (κ3) is 4.14. The van der Waals surface area contributed by atoms with Crippen LogP contribution in [-0.4, -0.2) is 30.8 Å². The molecule has 1 heterocycles. The van der Waals surface area contributed by atoms with Crippen molar-refractivity contribution in [3.8, 4) is 11.3 Å². The van der Waals surface area contributed by atoms with E-state index in [-0.39, 0.29) is 16.8 Å². The highest BCUT2D eigenvalue weighted by Crippen LogP contribution is 2.37. The number of nitrogens with zero attached hydrogens (tertiary/aromatic N) is 2. The third-order valence-electron chi connectivity index (χ3n) is 3.28. The molecule has 2 aromatic rings. The van der Waals surface area contributed by atoms with Crippen LogP contribution in [0.2, 0.25) is 10.0 Å². The summed E-state index contributed by atoms with van der Waals surface area (Å²) in [6, 6.07) is 1.84. The monoisotopic (exact) mass is 427 g/mol. The number of aromatic nitrogens is 2. The number of primary sulfonamides is 1. The Morgan fingerprint density at radius 3 is 2.42 bits per heavy atom. The molecule has 0 atom stereocenters. The lowest BCUT2D eigenvalue weighted by Crippen LogP contribution is -2.14. The molecule has 1 aromatic carbocycles. The van der Waals surface area contributed by atoms with E-state index >= 15 is 0 Å². The van der Waals surface area contributed by atoms with Crippen LogP contribution in [0.1, 0.15) is 28.9 Å². The Balaban J connectivity index is 2.85. The van der Waals surface area contributed by atoms with E-state index in [4.69, 9.17) is 28.3 Å². The molecule has 0 aliphatic rings. The number of carbonyl (C=O) groups is 1. The first-order chi connectivity index (χ1) is 12.1. The van der Waals surface area contributed by atoms with Gasteiger partial charge in [-0.3, -0.25) is 9.18 Å². The van der Waals surface area contributed by atoms with Crippen LogP contribution in [0, 0.1) is 0 Å². The first-order valence-corrected chi connectivity index (χ1v) is 9.12. The average molecular weight is 428 g/mol. The molecule has 26 heavy (non-hydrogen) atoms. The Hall–Kier alpha value is -1.75. The predicted octanol–water partition coefficient (Wildman–Crippen LogP) is 3.58. The Kier molecular flexibility index (Phi) is 6.22. The summed E-state index contributed by atoms with van der Waals surface area (Å²) in [5.41, 5.74) is -1.61. The standard InChI is InChI=1S/C14H10Cl2F3N3O3S/c15-8-3-6(9(23)1-2-17)7(4-10(8)26(20,24)25)12-11(16)13(14(18)19)22-5-21-12/h3-5,14H,1-2H2,(H2,20,24,25). The van der Waals surface area contributed by atoms with Crippen molar-refractivity contribution in [2.45, 2.75) is 17.7 Å².